The number of anilines is 1. The highest BCUT2D eigenvalue weighted by Gasteiger charge is 2.29. The number of aryl methyl sites for hydroxylation is 9. The Morgan fingerprint density at radius 3 is 1.14 bits per heavy atom. The zero-order chi connectivity index (χ0) is 108. The normalized spacial score (nSPS) is 12.4. The highest BCUT2D eigenvalue weighted by atomic mass is 32.2. The number of aromatic nitrogens is 16. The number of thiazole rings is 1. The second kappa shape index (κ2) is 51.7. The first-order valence-corrected chi connectivity index (χ1v) is 50.1. The summed E-state index contributed by atoms with van der Waals surface area (Å²) < 4.78 is 100. The van der Waals surface area contributed by atoms with Crippen LogP contribution in [-0.2, 0) is 94.9 Å². The molecule has 0 atom stereocenters. The maximum absolute atomic E-state index is 13.2. The maximum Gasteiger partial charge on any atom is 0.273 e. The number of nitrogens with one attached hydrogen (secondary N) is 1. The van der Waals surface area contributed by atoms with Gasteiger partial charge in [-0.2, -0.15) is 0 Å². The van der Waals surface area contributed by atoms with E-state index < -0.39 is 11.4 Å². The summed E-state index contributed by atoms with van der Waals surface area (Å²) in [4.78, 5) is 125. The van der Waals surface area contributed by atoms with Crippen LogP contribution in [0.3, 0.4) is 0 Å². The van der Waals surface area contributed by atoms with Crippen LogP contribution in [0.5, 0.6) is 16.7 Å². The first kappa shape index (κ1) is 117. The molecule has 28 nitrogen and oxygen atoms in total. The van der Waals surface area contributed by atoms with Crippen LogP contribution in [0.15, 0.2) is 208 Å². The Labute approximate surface area is 854 Å². The third-order valence-electron chi connectivity index (χ3n) is 21.6. The number of hydrogen-bond acceptors (Lipinski definition) is 23. The Morgan fingerprint density at radius 2 is 0.724 bits per heavy atom. The Kier molecular flexibility index (Phi) is 41.8. The Morgan fingerprint density at radius 1 is 0.359 bits per heavy atom. The number of halogens is 5. The fourth-order valence-corrected chi connectivity index (χ4v) is 17.5. The molecule has 1 aliphatic rings. The van der Waals surface area contributed by atoms with Gasteiger partial charge in [0.1, 0.15) is 101 Å². The van der Waals surface area contributed by atoms with Gasteiger partial charge in [0.2, 0.25) is 0 Å². The van der Waals surface area contributed by atoms with Crippen molar-refractivity contribution in [2.75, 3.05) is 11.9 Å². The summed E-state index contributed by atoms with van der Waals surface area (Å²) >= 11 is 2.89. The van der Waals surface area contributed by atoms with Crippen molar-refractivity contribution >= 4 is 28.8 Å². The first-order chi connectivity index (χ1) is 67.6. The topological polar surface area (TPSA) is 319 Å². The van der Waals surface area contributed by atoms with E-state index in [-0.39, 0.29) is 109 Å². The van der Waals surface area contributed by atoms with Gasteiger partial charge in [-0.25, -0.2) is 61.8 Å². The molecule has 1 saturated carbocycles. The maximum atomic E-state index is 13.2. The third-order valence-corrected chi connectivity index (χ3v) is 23.3. The minimum atomic E-state index is -0.474. The molecule has 1 aliphatic carbocycles. The van der Waals surface area contributed by atoms with Crippen molar-refractivity contribution in [3.8, 4) is 16.7 Å². The predicted octanol–water partition coefficient (Wildman–Crippen LogP) is 21.0. The molecule has 780 valence electrons. The molecule has 0 saturated heterocycles. The van der Waals surface area contributed by atoms with Crippen molar-refractivity contribution in [1.29, 1.82) is 0 Å². The van der Waals surface area contributed by atoms with E-state index in [1.165, 1.54) is 127 Å². The number of rotatable bonds is 22. The summed E-state index contributed by atoms with van der Waals surface area (Å²) in [6.45, 7) is 55.4. The lowest BCUT2D eigenvalue weighted by Crippen LogP contribution is -2.37. The van der Waals surface area contributed by atoms with Gasteiger partial charge in [0.25, 0.3) is 44.1 Å². The fourth-order valence-electron chi connectivity index (χ4n) is 16.2. The van der Waals surface area contributed by atoms with E-state index in [1.54, 1.807) is 120 Å². The minimum Gasteiger partial charge on any atom is -0.493 e. The highest BCUT2D eigenvalue weighted by molar-refractivity contribution is 7.98. The summed E-state index contributed by atoms with van der Waals surface area (Å²) in [5.74, 6) is 4.31. The van der Waals surface area contributed by atoms with Crippen molar-refractivity contribution in [2.45, 2.75) is 327 Å². The molecule has 0 spiro atoms. The van der Waals surface area contributed by atoms with Crippen LogP contribution < -0.4 is 58.4 Å². The lowest BCUT2D eigenvalue weighted by molar-refractivity contribution is 0.00999. The average molecular weight is 2040 g/mol. The molecule has 145 heavy (non-hydrogen) atoms. The van der Waals surface area contributed by atoms with E-state index in [1.807, 2.05) is 184 Å². The second-order valence-electron chi connectivity index (χ2n) is 42.2. The van der Waals surface area contributed by atoms with Crippen LogP contribution in [0.2, 0.25) is 0 Å². The van der Waals surface area contributed by atoms with E-state index in [2.05, 4.69) is 50.2 Å². The van der Waals surface area contributed by atoms with Crippen LogP contribution in [0.1, 0.15) is 264 Å². The van der Waals surface area contributed by atoms with Crippen LogP contribution in [0, 0.1) is 77.6 Å². The van der Waals surface area contributed by atoms with Crippen molar-refractivity contribution in [2.24, 2.45) is 0 Å². The largest absolute Gasteiger partial charge is 0.493 e. The number of hydrogen-bond donors (Lipinski definition) is 1. The summed E-state index contributed by atoms with van der Waals surface area (Å²) in [6.07, 6.45) is 12.3. The van der Waals surface area contributed by atoms with Crippen LogP contribution in [0.25, 0.3) is 0 Å². The number of ether oxygens (including phenoxy) is 4. The molecule has 0 radical (unpaired) electrons. The molecule has 14 rings (SSSR count). The minimum absolute atomic E-state index is 0.00671. The predicted molar refractivity (Wildman–Crippen MR) is 563 cm³/mol. The van der Waals surface area contributed by atoms with Gasteiger partial charge in [0.05, 0.1) is 37.4 Å². The Hall–Kier alpha value is -13.0. The molecule has 0 unspecified atom stereocenters. The van der Waals surface area contributed by atoms with E-state index in [0.29, 0.717) is 131 Å². The monoisotopic (exact) mass is 2040 g/mol. The molecular formula is C110H142F5N17O11S2. The van der Waals surface area contributed by atoms with Gasteiger partial charge < -0.3 is 24.3 Å². The lowest BCUT2D eigenvalue weighted by atomic mass is 9.98. The number of benzene rings is 4. The van der Waals surface area contributed by atoms with Gasteiger partial charge in [-0.15, -0.1) is 11.8 Å². The molecule has 0 amide bonds. The fraction of sp³-hybridized carbons (Fsp3) is 0.455. The second-order valence-corrected chi connectivity index (χ2v) is 44.1. The zero-order valence-electron chi connectivity index (χ0n) is 89.0. The zero-order valence-corrected chi connectivity index (χ0v) is 90.6. The molecular weight excluding hydrogens is 1890 g/mol. The van der Waals surface area contributed by atoms with E-state index in [4.69, 9.17) is 18.9 Å². The summed E-state index contributed by atoms with van der Waals surface area (Å²) in [6, 6.07) is 37.2. The smallest absolute Gasteiger partial charge is 0.273 e. The van der Waals surface area contributed by atoms with Gasteiger partial charge in [-0.3, -0.25) is 70.5 Å². The van der Waals surface area contributed by atoms with Gasteiger partial charge in [-0.1, -0.05) is 60.9 Å². The molecule has 0 bridgehead atoms. The molecule has 13 aromatic rings. The Bertz CT molecular complexity index is 6470. The standard InChI is InChI=1S/C17H21FN2O2.C17H21FN2O.C16H20FN3O.C16H19FN2OS.C16H26N2O2.C15H18FN3O2.C13H17N3O2S/c1-12-10-16(21)20(17(2,3)4)15(19-12)8-9-22-14-7-5-6-13(18)11-14;1-12-10-16(21)20(17(2,3)4)15(19-12)9-8-13-6-5-7-14(18)11-13;1-11-8-15(21)20(16(2,3)4)14(19-11)10-18-13-7-5-6-12(17)9-13;1-11-8-15(20)19(16(2,3)4)14(18-11)10-21-13-7-5-6-12(17)9-13;1-12-10-15(19)18(16(2,3)4)14(17-12)11-20-13-8-6-5-7-9-13;1-10-5-14(20)19(15(2,3)4)13(18-10)9-21-12-6-11(16)7-17-8-12;1-9-7-11(17)16(13(2,3)4)10(15-9)8-18-12-14-5-6-19-12/h5-7,10-11H,8-9H2,1-4H3;5-7,10-11H,8-9H2,1-4H3;5-9,18H,10H2,1-4H3;5-9H,10H2,1-4H3;10,13H,5-9,11H2,1-4H3;5-8H,9H2,1-4H3;5-7H,8H2,1-4H3. The van der Waals surface area contributed by atoms with Crippen molar-refractivity contribution < 1.29 is 40.9 Å². The van der Waals surface area contributed by atoms with Gasteiger partial charge in [0, 0.05) is 168 Å². The SMILES string of the molecule is Cc1cc(=O)n(C(C)(C)C)c(CCOc2cccc(F)c2)n1.Cc1cc(=O)n(C(C)(C)C)c(CCc2cccc(F)c2)n1.Cc1cc(=O)n(C(C)(C)C)c(CNc2cccc(F)c2)n1.Cc1cc(=O)n(C(C)(C)C)c(COC2CCCCC2)n1.Cc1cc(=O)n(C(C)(C)C)c(COc2cncc(F)c2)n1.Cc1cc(=O)n(C(C)(C)C)c(COc2nccs2)n1.Cc1cc(=O)n(C(C)(C)C)c(CSc2cccc(F)c2)n1. The van der Waals surface area contributed by atoms with Gasteiger partial charge >= 0.3 is 0 Å². The average Bonchev–Trinajstić information content (AvgIpc) is 1.33. The molecule has 1 N–H and O–H groups in total. The molecule has 35 heteroatoms. The molecule has 4 aromatic carbocycles. The number of thioether (sulfide) groups is 1. The van der Waals surface area contributed by atoms with Crippen molar-refractivity contribution in [3.63, 3.8) is 0 Å². The summed E-state index contributed by atoms with van der Waals surface area (Å²) in [7, 11) is 0. The summed E-state index contributed by atoms with van der Waals surface area (Å²) in [5.41, 5.74) is 3.60. The van der Waals surface area contributed by atoms with Gasteiger partial charge in [-0.05, 0) is 279 Å². The van der Waals surface area contributed by atoms with Gasteiger partial charge in [0.15, 0.2) is 0 Å². The molecule has 0 aliphatic heterocycles. The Balaban J connectivity index is 0.000000207. The quantitative estimate of drug-likeness (QED) is 0.0486. The van der Waals surface area contributed by atoms with E-state index >= 15 is 0 Å². The van der Waals surface area contributed by atoms with Crippen LogP contribution in [0.4, 0.5) is 27.6 Å². The highest BCUT2D eigenvalue weighted by Crippen LogP contribution is 2.29. The number of pyridine rings is 1. The molecule has 1 fully saturated rings. The lowest BCUT2D eigenvalue weighted by Gasteiger charge is -2.27. The summed E-state index contributed by atoms with van der Waals surface area (Å²) in [5, 5.41) is 5.53. The van der Waals surface area contributed by atoms with E-state index in [9.17, 15) is 55.5 Å². The van der Waals surface area contributed by atoms with Crippen LogP contribution >= 0.6 is 23.1 Å². The number of nitrogens with zero attached hydrogens (tertiary/aromatic N) is 16. The van der Waals surface area contributed by atoms with E-state index in [0.717, 1.165) is 52.5 Å². The van der Waals surface area contributed by atoms with Crippen molar-refractivity contribution in [3.05, 3.63) is 357 Å². The van der Waals surface area contributed by atoms with Crippen LogP contribution in [-0.4, -0.2) is 89.5 Å². The van der Waals surface area contributed by atoms with Crippen molar-refractivity contribution in [1.82, 2.24) is 76.8 Å². The third kappa shape index (κ3) is 37.2. The molecule has 9 heterocycles. The first-order valence-electron chi connectivity index (χ1n) is 48.2. The molecule has 9 aromatic heterocycles.